The van der Waals surface area contributed by atoms with Crippen LogP contribution < -0.4 is 0 Å². The van der Waals surface area contributed by atoms with Gasteiger partial charge in [-0.05, 0) is 73.8 Å². The minimum Gasteiger partial charge on any atom is -0.299 e. The topological polar surface area (TPSA) is 20.3 Å². The molecule has 2 aromatic rings. The summed E-state index contributed by atoms with van der Waals surface area (Å²) in [7, 11) is 0. The largest absolute Gasteiger partial charge is 0.299 e. The first-order chi connectivity index (χ1) is 13.2. The molecule has 0 spiro atoms. The van der Waals surface area contributed by atoms with E-state index in [-0.39, 0.29) is 17.5 Å². The Morgan fingerprint density at radius 2 is 1.67 bits per heavy atom. The Bertz CT molecular complexity index is 819. The van der Waals surface area contributed by atoms with Crippen molar-refractivity contribution in [1.82, 2.24) is 4.90 Å². The van der Waals surface area contributed by atoms with Gasteiger partial charge < -0.3 is 0 Å². The van der Waals surface area contributed by atoms with E-state index >= 15 is 0 Å². The van der Waals surface area contributed by atoms with Gasteiger partial charge in [-0.15, -0.1) is 0 Å². The molecule has 2 nitrogen and oxygen atoms in total. The van der Waals surface area contributed by atoms with Gasteiger partial charge in [0.1, 0.15) is 5.82 Å². The number of ketones is 1. The zero-order valence-electron chi connectivity index (χ0n) is 15.6. The third-order valence-electron chi connectivity index (χ3n) is 5.95. The maximum atomic E-state index is 13.1. The van der Waals surface area contributed by atoms with Crippen LogP contribution in [0.15, 0.2) is 60.7 Å². The van der Waals surface area contributed by atoms with Gasteiger partial charge in [-0.2, -0.15) is 0 Å². The third-order valence-corrected chi connectivity index (χ3v) is 5.95. The lowest BCUT2D eigenvalue weighted by Gasteiger charge is -2.31. The summed E-state index contributed by atoms with van der Waals surface area (Å²) in [6, 6.07) is 14.8. The van der Waals surface area contributed by atoms with Gasteiger partial charge in [0.2, 0.25) is 0 Å². The van der Waals surface area contributed by atoms with E-state index in [2.05, 4.69) is 35.2 Å². The third kappa shape index (κ3) is 4.03. The fraction of sp³-hybridized carbons (Fsp3) is 0.375. The molecule has 1 saturated heterocycles. The molecule has 0 saturated carbocycles. The summed E-state index contributed by atoms with van der Waals surface area (Å²) in [5, 5.41) is 0. The normalized spacial score (nSPS) is 23.3. The van der Waals surface area contributed by atoms with Gasteiger partial charge in [0.15, 0.2) is 5.78 Å². The van der Waals surface area contributed by atoms with Crippen molar-refractivity contribution >= 4 is 5.78 Å². The molecule has 2 unspecified atom stereocenters. The quantitative estimate of drug-likeness (QED) is 0.553. The van der Waals surface area contributed by atoms with Crippen LogP contribution in [0.2, 0.25) is 0 Å². The summed E-state index contributed by atoms with van der Waals surface area (Å²) in [5.74, 6) is -0.140. The molecule has 0 aromatic heterocycles. The maximum Gasteiger partial charge on any atom is 0.185 e. The number of benzene rings is 2. The van der Waals surface area contributed by atoms with Crippen molar-refractivity contribution in [2.75, 3.05) is 13.1 Å². The standard InChI is InChI=1S/C24H26FNO/c25-20-11-9-18(10-12-20)24(27)14-13-22-21-8-4-3-7-19(21)17-23(22)26-15-5-1-2-6-16-26/h3-4,7-14,22-23H,1-2,5-6,15-17H2/b14-13+. The summed E-state index contributed by atoms with van der Waals surface area (Å²) in [6.07, 6.45) is 9.98. The lowest BCUT2D eigenvalue weighted by atomic mass is 9.95. The van der Waals surface area contributed by atoms with Crippen LogP contribution in [-0.4, -0.2) is 29.8 Å². The van der Waals surface area contributed by atoms with Crippen molar-refractivity contribution in [3.8, 4) is 0 Å². The molecule has 1 aliphatic carbocycles. The van der Waals surface area contributed by atoms with E-state index in [1.807, 2.05) is 0 Å². The summed E-state index contributed by atoms with van der Waals surface area (Å²) < 4.78 is 13.1. The smallest absolute Gasteiger partial charge is 0.185 e. The molecule has 2 aliphatic rings. The van der Waals surface area contributed by atoms with E-state index in [1.165, 1.54) is 48.9 Å². The van der Waals surface area contributed by atoms with Crippen LogP contribution in [0, 0.1) is 5.82 Å². The van der Waals surface area contributed by atoms with Gasteiger partial charge in [0, 0.05) is 17.5 Å². The van der Waals surface area contributed by atoms with E-state index in [0.717, 1.165) is 19.5 Å². The van der Waals surface area contributed by atoms with Crippen molar-refractivity contribution in [3.63, 3.8) is 0 Å². The lowest BCUT2D eigenvalue weighted by molar-refractivity contribution is 0.104. The van der Waals surface area contributed by atoms with Gasteiger partial charge in [-0.25, -0.2) is 4.39 Å². The van der Waals surface area contributed by atoms with Crippen molar-refractivity contribution < 1.29 is 9.18 Å². The van der Waals surface area contributed by atoms with Crippen LogP contribution >= 0.6 is 0 Å². The molecule has 1 heterocycles. The molecule has 27 heavy (non-hydrogen) atoms. The number of allylic oxidation sites excluding steroid dienone is 1. The second-order valence-corrected chi connectivity index (χ2v) is 7.68. The zero-order valence-corrected chi connectivity index (χ0v) is 15.6. The number of carbonyl (C=O) groups is 1. The highest BCUT2D eigenvalue weighted by atomic mass is 19.1. The zero-order chi connectivity index (χ0) is 18.6. The average molecular weight is 363 g/mol. The van der Waals surface area contributed by atoms with Crippen LogP contribution in [0.3, 0.4) is 0 Å². The van der Waals surface area contributed by atoms with Gasteiger partial charge in [0.25, 0.3) is 0 Å². The van der Waals surface area contributed by atoms with Crippen molar-refractivity contribution in [2.45, 2.75) is 44.1 Å². The predicted molar refractivity (Wildman–Crippen MR) is 107 cm³/mol. The summed E-state index contributed by atoms with van der Waals surface area (Å²) >= 11 is 0. The summed E-state index contributed by atoms with van der Waals surface area (Å²) in [5.41, 5.74) is 3.27. The first kappa shape index (κ1) is 18.1. The van der Waals surface area contributed by atoms with Gasteiger partial charge >= 0.3 is 0 Å². The molecule has 1 fully saturated rings. The number of hydrogen-bond acceptors (Lipinski definition) is 2. The van der Waals surface area contributed by atoms with E-state index in [9.17, 15) is 9.18 Å². The number of fused-ring (bicyclic) bond motifs is 1. The second kappa shape index (κ2) is 8.18. The molecular formula is C24H26FNO. The molecule has 1 aliphatic heterocycles. The SMILES string of the molecule is O=C(/C=C/C1c2ccccc2CC1N1CCCCCC1)c1ccc(F)cc1. The van der Waals surface area contributed by atoms with E-state index < -0.39 is 0 Å². The molecule has 0 bridgehead atoms. The molecule has 0 amide bonds. The summed E-state index contributed by atoms with van der Waals surface area (Å²) in [4.78, 5) is 15.2. The van der Waals surface area contributed by atoms with Crippen molar-refractivity contribution in [2.24, 2.45) is 0 Å². The Morgan fingerprint density at radius 1 is 0.963 bits per heavy atom. The molecule has 0 N–H and O–H groups in total. The van der Waals surface area contributed by atoms with Gasteiger partial charge in [0.05, 0.1) is 0 Å². The Balaban J connectivity index is 1.58. The maximum absolute atomic E-state index is 13.1. The minimum absolute atomic E-state index is 0.0611. The predicted octanol–water partition coefficient (Wildman–Crippen LogP) is 5.15. The minimum atomic E-state index is -0.318. The van der Waals surface area contributed by atoms with E-state index in [4.69, 9.17) is 0 Å². The number of hydrogen-bond donors (Lipinski definition) is 0. The molecule has 3 heteroatoms. The first-order valence-electron chi connectivity index (χ1n) is 10.0. The van der Waals surface area contributed by atoms with Crippen molar-refractivity contribution in [3.05, 3.63) is 83.2 Å². The number of rotatable bonds is 4. The first-order valence-corrected chi connectivity index (χ1v) is 10.0. The fourth-order valence-electron chi connectivity index (χ4n) is 4.52. The second-order valence-electron chi connectivity index (χ2n) is 7.68. The Labute approximate surface area is 160 Å². The van der Waals surface area contributed by atoms with Crippen LogP contribution in [0.4, 0.5) is 4.39 Å². The van der Waals surface area contributed by atoms with E-state index in [0.29, 0.717) is 11.6 Å². The number of carbonyl (C=O) groups excluding carboxylic acids is 1. The Kier molecular flexibility index (Phi) is 5.49. The molecule has 0 radical (unpaired) electrons. The lowest BCUT2D eigenvalue weighted by Crippen LogP contribution is -2.38. The highest BCUT2D eigenvalue weighted by Crippen LogP contribution is 2.38. The molecule has 2 atom stereocenters. The molecular weight excluding hydrogens is 337 g/mol. The van der Waals surface area contributed by atoms with Gasteiger partial charge in [-0.3, -0.25) is 9.69 Å². The van der Waals surface area contributed by atoms with Crippen LogP contribution in [0.1, 0.15) is 53.1 Å². The molecule has 140 valence electrons. The fourth-order valence-corrected chi connectivity index (χ4v) is 4.52. The number of halogens is 1. The van der Waals surface area contributed by atoms with Crippen LogP contribution in [-0.2, 0) is 6.42 Å². The summed E-state index contributed by atoms with van der Waals surface area (Å²) in [6.45, 7) is 2.30. The highest BCUT2D eigenvalue weighted by molar-refractivity contribution is 6.04. The number of likely N-dealkylation sites (tertiary alicyclic amines) is 1. The van der Waals surface area contributed by atoms with Gasteiger partial charge in [-0.1, -0.05) is 43.2 Å². The Morgan fingerprint density at radius 3 is 2.41 bits per heavy atom. The molecule has 2 aromatic carbocycles. The van der Waals surface area contributed by atoms with Crippen molar-refractivity contribution in [1.29, 1.82) is 0 Å². The Hall–Kier alpha value is -2.26. The van der Waals surface area contributed by atoms with E-state index in [1.54, 1.807) is 18.2 Å². The van der Waals surface area contributed by atoms with Crippen LogP contribution in [0.5, 0.6) is 0 Å². The number of nitrogens with zero attached hydrogens (tertiary/aromatic N) is 1. The van der Waals surface area contributed by atoms with Crippen LogP contribution in [0.25, 0.3) is 0 Å². The molecule has 4 rings (SSSR count). The monoisotopic (exact) mass is 363 g/mol. The average Bonchev–Trinajstić information content (AvgIpc) is 2.86. The highest BCUT2D eigenvalue weighted by Gasteiger charge is 2.34.